The molecule has 0 aliphatic rings. The van der Waals surface area contributed by atoms with Crippen LogP contribution in [0.25, 0.3) is 0 Å². The number of carboxylic acids is 1. The van der Waals surface area contributed by atoms with Gasteiger partial charge in [0.25, 0.3) is 0 Å². The first-order valence-corrected chi connectivity index (χ1v) is 3.93. The van der Waals surface area contributed by atoms with Crippen molar-refractivity contribution >= 4 is 5.97 Å². The lowest BCUT2D eigenvalue weighted by molar-refractivity contribution is -0.145. The largest absolute Gasteiger partial charge is 0.480 e. The summed E-state index contributed by atoms with van der Waals surface area (Å²) < 4.78 is 23.9. The average molecular weight is 196 g/mol. The Bertz CT molecular complexity index is 178. The van der Waals surface area contributed by atoms with Crippen molar-refractivity contribution in [3.63, 3.8) is 0 Å². The number of carbonyl (C=O) groups is 1. The van der Waals surface area contributed by atoms with Crippen LogP contribution in [-0.4, -0.2) is 29.6 Å². The zero-order chi connectivity index (χ0) is 10.5. The van der Waals surface area contributed by atoms with Crippen molar-refractivity contribution in [3.05, 3.63) is 0 Å². The number of nitrogens with two attached hydrogens (primary N) is 2. The number of carboxylic acid groups (broad SMARTS) is 1. The molecule has 1 atom stereocenters. The summed E-state index contributed by atoms with van der Waals surface area (Å²) in [6.45, 7) is 0.246. The van der Waals surface area contributed by atoms with E-state index in [1.807, 2.05) is 0 Å². The van der Waals surface area contributed by atoms with Crippen LogP contribution in [-0.2, 0) is 4.79 Å². The molecule has 0 saturated carbocycles. The van der Waals surface area contributed by atoms with Crippen molar-refractivity contribution in [3.8, 4) is 0 Å². The molecule has 0 saturated heterocycles. The highest BCUT2D eigenvalue weighted by Gasteiger charge is 2.36. The van der Waals surface area contributed by atoms with E-state index in [-0.39, 0.29) is 13.0 Å². The van der Waals surface area contributed by atoms with Gasteiger partial charge in [0.15, 0.2) is 0 Å². The SMILES string of the molecule is NCCC[C@@](N)(CC(F)F)C(=O)O. The minimum Gasteiger partial charge on any atom is -0.480 e. The molecule has 5 N–H and O–H groups in total. The third kappa shape index (κ3) is 4.14. The number of hydrogen-bond acceptors (Lipinski definition) is 3. The summed E-state index contributed by atoms with van der Waals surface area (Å²) in [5, 5.41) is 8.61. The summed E-state index contributed by atoms with van der Waals surface area (Å²) in [5.41, 5.74) is 8.58. The smallest absolute Gasteiger partial charge is 0.323 e. The molecule has 0 aromatic heterocycles. The highest BCUT2D eigenvalue weighted by Crippen LogP contribution is 2.19. The Balaban J connectivity index is 4.25. The Labute approximate surface area is 74.9 Å². The number of hydrogen-bond donors (Lipinski definition) is 3. The van der Waals surface area contributed by atoms with Gasteiger partial charge in [0.2, 0.25) is 6.43 Å². The molecule has 0 bridgehead atoms. The predicted molar refractivity (Wildman–Crippen MR) is 43.5 cm³/mol. The van der Waals surface area contributed by atoms with Crippen LogP contribution >= 0.6 is 0 Å². The summed E-state index contributed by atoms with van der Waals surface area (Å²) in [6.07, 6.45) is -3.24. The zero-order valence-corrected chi connectivity index (χ0v) is 7.17. The molecule has 0 heterocycles. The minimum atomic E-state index is -2.71. The van der Waals surface area contributed by atoms with E-state index in [1.54, 1.807) is 0 Å². The van der Waals surface area contributed by atoms with Crippen LogP contribution in [0, 0.1) is 0 Å². The first-order valence-electron chi connectivity index (χ1n) is 3.93. The van der Waals surface area contributed by atoms with Crippen LogP contribution < -0.4 is 11.5 Å². The lowest BCUT2D eigenvalue weighted by Crippen LogP contribution is -2.49. The van der Waals surface area contributed by atoms with Gasteiger partial charge < -0.3 is 16.6 Å². The van der Waals surface area contributed by atoms with Crippen molar-refractivity contribution in [1.29, 1.82) is 0 Å². The maximum Gasteiger partial charge on any atom is 0.323 e. The molecular formula is C7H14F2N2O2. The third-order valence-electron chi connectivity index (χ3n) is 1.77. The first-order chi connectivity index (χ1) is 5.92. The Kier molecular flexibility index (Phi) is 4.79. The predicted octanol–water partition coefficient (Wildman–Crippen LogP) is 0.163. The molecular weight excluding hydrogens is 182 g/mol. The van der Waals surface area contributed by atoms with E-state index in [4.69, 9.17) is 16.6 Å². The van der Waals surface area contributed by atoms with Crippen molar-refractivity contribution in [1.82, 2.24) is 0 Å². The summed E-state index contributed by atoms with van der Waals surface area (Å²) in [4.78, 5) is 10.6. The van der Waals surface area contributed by atoms with Gasteiger partial charge in [-0.15, -0.1) is 0 Å². The van der Waals surface area contributed by atoms with E-state index in [2.05, 4.69) is 0 Å². The number of aliphatic carboxylic acids is 1. The molecule has 78 valence electrons. The second-order valence-electron chi connectivity index (χ2n) is 2.95. The van der Waals surface area contributed by atoms with Crippen molar-refractivity contribution < 1.29 is 18.7 Å². The molecule has 0 radical (unpaired) electrons. The fourth-order valence-corrected chi connectivity index (χ4v) is 0.989. The number of rotatable bonds is 6. The van der Waals surface area contributed by atoms with E-state index in [1.165, 1.54) is 0 Å². The monoisotopic (exact) mass is 196 g/mol. The fourth-order valence-electron chi connectivity index (χ4n) is 0.989. The van der Waals surface area contributed by atoms with Gasteiger partial charge in [-0.05, 0) is 19.4 Å². The lowest BCUT2D eigenvalue weighted by atomic mass is 9.91. The van der Waals surface area contributed by atoms with Gasteiger partial charge in [-0.2, -0.15) is 0 Å². The minimum absolute atomic E-state index is 0.0246. The van der Waals surface area contributed by atoms with E-state index in [0.29, 0.717) is 6.42 Å². The van der Waals surface area contributed by atoms with Crippen LogP contribution in [0.5, 0.6) is 0 Å². The molecule has 0 aromatic carbocycles. The second-order valence-corrected chi connectivity index (χ2v) is 2.95. The number of alkyl halides is 2. The Hall–Kier alpha value is -0.750. The van der Waals surface area contributed by atoms with Gasteiger partial charge in [0.1, 0.15) is 5.54 Å². The van der Waals surface area contributed by atoms with Gasteiger partial charge in [0, 0.05) is 6.42 Å². The van der Waals surface area contributed by atoms with Crippen LogP contribution in [0.3, 0.4) is 0 Å². The van der Waals surface area contributed by atoms with Gasteiger partial charge >= 0.3 is 5.97 Å². The molecule has 0 amide bonds. The Morgan fingerprint density at radius 3 is 2.38 bits per heavy atom. The van der Waals surface area contributed by atoms with Crippen LogP contribution in [0.15, 0.2) is 0 Å². The molecule has 0 fully saturated rings. The molecule has 6 heteroatoms. The molecule has 0 aliphatic heterocycles. The third-order valence-corrected chi connectivity index (χ3v) is 1.77. The van der Waals surface area contributed by atoms with Gasteiger partial charge in [-0.1, -0.05) is 0 Å². The Morgan fingerprint density at radius 1 is 1.54 bits per heavy atom. The van der Waals surface area contributed by atoms with Crippen molar-refractivity contribution in [2.75, 3.05) is 6.54 Å². The van der Waals surface area contributed by atoms with Gasteiger partial charge in [0.05, 0.1) is 0 Å². The quantitative estimate of drug-likeness (QED) is 0.564. The Morgan fingerprint density at radius 2 is 2.08 bits per heavy atom. The van der Waals surface area contributed by atoms with Crippen LogP contribution in [0.2, 0.25) is 0 Å². The highest BCUT2D eigenvalue weighted by molar-refractivity contribution is 5.78. The summed E-state index contributed by atoms with van der Waals surface area (Å²) in [7, 11) is 0. The summed E-state index contributed by atoms with van der Waals surface area (Å²) >= 11 is 0. The lowest BCUT2D eigenvalue weighted by Gasteiger charge is -2.23. The van der Waals surface area contributed by atoms with E-state index in [9.17, 15) is 13.6 Å². The van der Waals surface area contributed by atoms with Gasteiger partial charge in [-0.25, -0.2) is 8.78 Å². The van der Waals surface area contributed by atoms with E-state index in [0.717, 1.165) is 0 Å². The zero-order valence-electron chi connectivity index (χ0n) is 7.17. The highest BCUT2D eigenvalue weighted by atomic mass is 19.3. The molecule has 0 spiro atoms. The fraction of sp³-hybridized carbons (Fsp3) is 0.857. The van der Waals surface area contributed by atoms with Gasteiger partial charge in [-0.3, -0.25) is 4.79 Å². The second kappa shape index (κ2) is 5.08. The first kappa shape index (κ1) is 12.2. The van der Waals surface area contributed by atoms with Crippen LogP contribution in [0.4, 0.5) is 8.78 Å². The molecule has 4 nitrogen and oxygen atoms in total. The molecule has 13 heavy (non-hydrogen) atoms. The molecule has 0 aromatic rings. The normalized spacial score (nSPS) is 15.8. The molecule has 0 rings (SSSR count). The summed E-state index contributed by atoms with van der Waals surface area (Å²) in [6, 6.07) is 0. The maximum atomic E-state index is 11.9. The topological polar surface area (TPSA) is 89.3 Å². The van der Waals surface area contributed by atoms with E-state index < -0.39 is 24.4 Å². The number of halogens is 2. The average Bonchev–Trinajstić information content (AvgIpc) is 1.99. The summed E-state index contributed by atoms with van der Waals surface area (Å²) in [5.74, 6) is -1.40. The van der Waals surface area contributed by atoms with Crippen LogP contribution in [0.1, 0.15) is 19.3 Å². The maximum absolute atomic E-state index is 11.9. The standard InChI is InChI=1S/C7H14F2N2O2/c8-5(9)4-7(11,6(12)13)2-1-3-10/h5H,1-4,10-11H2,(H,12,13)/t7-/m1/s1. The molecule has 0 aliphatic carbocycles. The van der Waals surface area contributed by atoms with Crippen molar-refractivity contribution in [2.45, 2.75) is 31.2 Å². The van der Waals surface area contributed by atoms with Crippen molar-refractivity contribution in [2.24, 2.45) is 11.5 Å². The molecule has 0 unspecified atom stereocenters. The van der Waals surface area contributed by atoms with E-state index >= 15 is 0 Å².